The zero-order valence-corrected chi connectivity index (χ0v) is 21.3. The summed E-state index contributed by atoms with van der Waals surface area (Å²) in [4.78, 5) is 13.8. The van der Waals surface area contributed by atoms with Crippen molar-refractivity contribution in [3.63, 3.8) is 0 Å². The van der Waals surface area contributed by atoms with E-state index in [1.807, 2.05) is 39.0 Å². The summed E-state index contributed by atoms with van der Waals surface area (Å²) >= 11 is 1.46. The van der Waals surface area contributed by atoms with Crippen LogP contribution in [0.1, 0.15) is 38.8 Å². The summed E-state index contributed by atoms with van der Waals surface area (Å²) in [5.74, 6) is 1.82. The molecule has 0 saturated heterocycles. The molecule has 0 aliphatic heterocycles. The lowest BCUT2D eigenvalue weighted by Gasteiger charge is -2.19. The molecule has 1 aromatic heterocycles. The number of nitrogens with two attached hydrogens (primary N) is 1. The van der Waals surface area contributed by atoms with Crippen molar-refractivity contribution in [2.24, 2.45) is 5.73 Å². The van der Waals surface area contributed by atoms with Crippen LogP contribution in [0.5, 0.6) is 11.5 Å². The van der Waals surface area contributed by atoms with Crippen molar-refractivity contribution in [1.29, 1.82) is 5.26 Å². The number of alkyl halides is 3. The first-order valence-corrected chi connectivity index (χ1v) is 12.3. The Hall–Kier alpha value is -3.64. The second-order valence-electron chi connectivity index (χ2n) is 7.27. The van der Waals surface area contributed by atoms with Gasteiger partial charge in [-0.3, -0.25) is 4.79 Å². The number of aromatic nitrogens is 1. The van der Waals surface area contributed by atoms with Crippen molar-refractivity contribution < 1.29 is 17.9 Å². The van der Waals surface area contributed by atoms with Crippen molar-refractivity contribution >= 4 is 11.8 Å². The number of allylic oxidation sites excluding steroid dienone is 2. The van der Waals surface area contributed by atoms with Crippen molar-refractivity contribution in [1.82, 2.24) is 4.57 Å². The number of thioether (sulfide) groups is 1. The zero-order chi connectivity index (χ0) is 26.9. The van der Waals surface area contributed by atoms with Crippen molar-refractivity contribution in [2.45, 2.75) is 40.4 Å². The van der Waals surface area contributed by atoms with Gasteiger partial charge in [0.25, 0.3) is 5.56 Å². The van der Waals surface area contributed by atoms with Gasteiger partial charge in [0.15, 0.2) is 0 Å². The van der Waals surface area contributed by atoms with Crippen LogP contribution in [0.25, 0.3) is 11.3 Å². The maximum atomic E-state index is 13.7. The van der Waals surface area contributed by atoms with Gasteiger partial charge in [0.05, 0.1) is 17.8 Å². The highest BCUT2D eigenvalue weighted by atomic mass is 32.2. The molecular formula is C27H28F3N3O2S. The third kappa shape index (κ3) is 6.95. The van der Waals surface area contributed by atoms with E-state index in [0.29, 0.717) is 22.8 Å². The summed E-state index contributed by atoms with van der Waals surface area (Å²) in [6, 6.07) is 17.6. The predicted molar refractivity (Wildman–Crippen MR) is 139 cm³/mol. The van der Waals surface area contributed by atoms with Crippen LogP contribution in [0.15, 0.2) is 76.1 Å². The molecule has 3 rings (SSSR count). The van der Waals surface area contributed by atoms with Crippen LogP contribution in [-0.4, -0.2) is 10.3 Å². The van der Waals surface area contributed by atoms with Crippen LogP contribution in [-0.2, 0) is 12.7 Å². The van der Waals surface area contributed by atoms with E-state index < -0.39 is 22.9 Å². The number of ether oxygens (including phenoxy) is 1. The molecule has 0 aliphatic carbocycles. The van der Waals surface area contributed by atoms with E-state index in [4.69, 9.17) is 10.5 Å². The molecule has 0 unspecified atom stereocenters. The summed E-state index contributed by atoms with van der Waals surface area (Å²) in [7, 11) is 0. The highest BCUT2D eigenvalue weighted by molar-refractivity contribution is 8.03. The molecule has 0 fully saturated rings. The molecule has 2 N–H and O–H groups in total. The van der Waals surface area contributed by atoms with Crippen LogP contribution >= 0.6 is 11.8 Å². The van der Waals surface area contributed by atoms with Crippen molar-refractivity contribution in [3.05, 3.63) is 92.7 Å². The van der Waals surface area contributed by atoms with E-state index in [1.165, 1.54) is 17.8 Å². The molecule has 36 heavy (non-hydrogen) atoms. The van der Waals surface area contributed by atoms with Gasteiger partial charge in [-0.2, -0.15) is 18.4 Å². The molecule has 0 amide bonds. The van der Waals surface area contributed by atoms with E-state index in [9.17, 15) is 23.2 Å². The third-order valence-corrected chi connectivity index (χ3v) is 5.97. The standard InChI is InChI=1S/C25H22F3N3O2S.C2H6/c1-3-34-16(2)22(30)15-31-23(13-21(25(26,27)28)20(14-29)24(31)32)17-9-11-19(12-10-17)33-18-7-5-4-6-8-18;1-2/h4-13H,3,15,30H2,1-2H3;1-2H3/b22-16-;. The van der Waals surface area contributed by atoms with E-state index in [1.54, 1.807) is 43.3 Å². The lowest BCUT2D eigenvalue weighted by atomic mass is 10.0. The van der Waals surface area contributed by atoms with Crippen LogP contribution in [0.3, 0.4) is 0 Å². The smallest absolute Gasteiger partial charge is 0.417 e. The number of nitriles is 1. The van der Waals surface area contributed by atoms with Crippen LogP contribution in [0.2, 0.25) is 0 Å². The molecule has 3 aromatic rings. The van der Waals surface area contributed by atoms with E-state index >= 15 is 0 Å². The van der Waals surface area contributed by atoms with Gasteiger partial charge >= 0.3 is 6.18 Å². The minimum Gasteiger partial charge on any atom is -0.457 e. The fourth-order valence-electron chi connectivity index (χ4n) is 3.28. The number of rotatable bonds is 7. The van der Waals surface area contributed by atoms with Crippen LogP contribution < -0.4 is 16.0 Å². The highest BCUT2D eigenvalue weighted by Gasteiger charge is 2.36. The minimum absolute atomic E-state index is 0.000153. The molecule has 0 radical (unpaired) electrons. The number of benzene rings is 2. The lowest BCUT2D eigenvalue weighted by Crippen LogP contribution is -2.30. The van der Waals surface area contributed by atoms with Gasteiger partial charge in [0.1, 0.15) is 23.1 Å². The maximum absolute atomic E-state index is 13.7. The highest BCUT2D eigenvalue weighted by Crippen LogP contribution is 2.34. The van der Waals surface area contributed by atoms with E-state index in [-0.39, 0.29) is 12.2 Å². The number of pyridine rings is 1. The molecule has 5 nitrogen and oxygen atoms in total. The van der Waals surface area contributed by atoms with Gasteiger partial charge < -0.3 is 15.0 Å². The second kappa shape index (κ2) is 12.9. The molecule has 0 saturated carbocycles. The third-order valence-electron chi connectivity index (χ3n) is 4.99. The fourth-order valence-corrected chi connectivity index (χ4v) is 3.97. The Morgan fingerprint density at radius 1 is 1.08 bits per heavy atom. The van der Waals surface area contributed by atoms with Gasteiger partial charge in [0.2, 0.25) is 0 Å². The Morgan fingerprint density at radius 3 is 2.19 bits per heavy atom. The fraction of sp³-hybridized carbons (Fsp3) is 0.259. The molecule has 1 heterocycles. The maximum Gasteiger partial charge on any atom is 0.417 e. The Balaban J connectivity index is 0.00000222. The Bertz CT molecular complexity index is 1290. The normalized spacial score (nSPS) is 11.6. The summed E-state index contributed by atoms with van der Waals surface area (Å²) in [6.45, 7) is 7.56. The Morgan fingerprint density at radius 2 is 1.67 bits per heavy atom. The lowest BCUT2D eigenvalue weighted by molar-refractivity contribution is -0.137. The summed E-state index contributed by atoms with van der Waals surface area (Å²) in [6.07, 6.45) is -4.87. The van der Waals surface area contributed by atoms with Gasteiger partial charge in [0, 0.05) is 10.6 Å². The van der Waals surface area contributed by atoms with Crippen LogP contribution in [0, 0.1) is 11.3 Å². The molecule has 9 heteroatoms. The number of hydrogen-bond acceptors (Lipinski definition) is 5. The van der Waals surface area contributed by atoms with Gasteiger partial charge in [-0.1, -0.05) is 39.0 Å². The van der Waals surface area contributed by atoms with Gasteiger partial charge in [-0.15, -0.1) is 11.8 Å². The first-order valence-electron chi connectivity index (χ1n) is 11.3. The molecular weight excluding hydrogens is 487 g/mol. The average molecular weight is 516 g/mol. The van der Waals surface area contributed by atoms with Crippen molar-refractivity contribution in [3.8, 4) is 28.8 Å². The first-order chi connectivity index (χ1) is 17.2. The molecule has 0 spiro atoms. The average Bonchev–Trinajstić information content (AvgIpc) is 2.87. The Labute approximate surface area is 213 Å². The Kier molecular flexibility index (Phi) is 10.2. The number of para-hydroxylation sites is 1. The number of nitrogens with zero attached hydrogens (tertiary/aromatic N) is 2. The number of hydrogen-bond donors (Lipinski definition) is 1. The molecule has 0 aliphatic rings. The van der Waals surface area contributed by atoms with Crippen LogP contribution in [0.4, 0.5) is 13.2 Å². The summed E-state index contributed by atoms with van der Waals surface area (Å²) in [5, 5.41) is 9.33. The zero-order valence-electron chi connectivity index (χ0n) is 20.5. The molecule has 0 atom stereocenters. The number of halogens is 3. The largest absolute Gasteiger partial charge is 0.457 e. The molecule has 0 bridgehead atoms. The summed E-state index contributed by atoms with van der Waals surface area (Å²) < 4.78 is 47.9. The SMILES string of the molecule is CC.CCS/C(C)=C(\N)Cn1c(-c2ccc(Oc3ccccc3)cc2)cc(C(F)(F)F)c(C#N)c1=O. The first kappa shape index (κ1) is 28.6. The minimum atomic E-state index is -4.87. The summed E-state index contributed by atoms with van der Waals surface area (Å²) in [5.41, 5.74) is 3.54. The van der Waals surface area contributed by atoms with E-state index in [0.717, 1.165) is 21.3 Å². The monoisotopic (exact) mass is 515 g/mol. The second-order valence-corrected chi connectivity index (χ2v) is 8.75. The van der Waals surface area contributed by atoms with Gasteiger partial charge in [-0.25, -0.2) is 0 Å². The topological polar surface area (TPSA) is 81.0 Å². The van der Waals surface area contributed by atoms with E-state index in [2.05, 4.69) is 0 Å². The molecule has 190 valence electrons. The molecule has 2 aromatic carbocycles. The van der Waals surface area contributed by atoms with Crippen molar-refractivity contribution in [2.75, 3.05) is 5.75 Å². The quantitative estimate of drug-likeness (QED) is 0.361. The van der Waals surface area contributed by atoms with Gasteiger partial charge in [-0.05, 0) is 60.7 Å². The predicted octanol–water partition coefficient (Wildman–Crippen LogP) is 7.17.